The minimum atomic E-state index is -0.549. The summed E-state index contributed by atoms with van der Waals surface area (Å²) in [5.74, 6) is 0.0649. The second-order valence-electron chi connectivity index (χ2n) is 6.26. The first-order chi connectivity index (χ1) is 13.1. The van der Waals surface area contributed by atoms with E-state index in [1.807, 2.05) is 53.1 Å². The Morgan fingerprint density at radius 1 is 1.19 bits per heavy atom. The molecule has 0 unspecified atom stereocenters. The molecule has 8 heteroatoms. The number of aromatic nitrogens is 2. The number of nitrogens with zero attached hydrogens (tertiary/aromatic N) is 3. The smallest absolute Gasteiger partial charge is 0.329 e. The summed E-state index contributed by atoms with van der Waals surface area (Å²) in [7, 11) is 0. The van der Waals surface area contributed by atoms with Crippen molar-refractivity contribution < 1.29 is 14.3 Å². The molecule has 1 aliphatic heterocycles. The number of hydrogen-bond acceptors (Lipinski definition) is 4. The minimum Gasteiger partial charge on any atom is -0.459 e. The number of imidazole rings is 1. The van der Waals surface area contributed by atoms with Gasteiger partial charge in [-0.3, -0.25) is 5.32 Å². The highest BCUT2D eigenvalue weighted by Crippen LogP contribution is 2.21. The first-order valence-corrected chi connectivity index (χ1v) is 9.60. The van der Waals surface area contributed by atoms with E-state index in [4.69, 9.17) is 4.74 Å². The number of ether oxygens (including phenoxy) is 1. The number of halogens is 1. The third kappa shape index (κ3) is 3.90. The van der Waals surface area contributed by atoms with E-state index in [9.17, 15) is 9.59 Å². The maximum absolute atomic E-state index is 12.5. The van der Waals surface area contributed by atoms with E-state index in [1.165, 1.54) is 4.90 Å². The van der Waals surface area contributed by atoms with Crippen molar-refractivity contribution in [3.63, 3.8) is 0 Å². The monoisotopic (exact) mass is 476 g/mol. The van der Waals surface area contributed by atoms with Crippen LogP contribution in [0, 0.1) is 3.57 Å². The van der Waals surface area contributed by atoms with Crippen LogP contribution in [0.4, 0.5) is 10.6 Å². The number of hydrogen-bond donors (Lipinski definition) is 1. The van der Waals surface area contributed by atoms with Crippen molar-refractivity contribution in [3.8, 4) is 0 Å². The van der Waals surface area contributed by atoms with Gasteiger partial charge in [-0.1, -0.05) is 30.3 Å². The van der Waals surface area contributed by atoms with Crippen LogP contribution in [0.5, 0.6) is 0 Å². The molecule has 1 N–H and O–H groups in total. The number of amides is 2. The third-order valence-electron chi connectivity index (χ3n) is 4.43. The van der Waals surface area contributed by atoms with E-state index in [1.54, 1.807) is 6.20 Å². The van der Waals surface area contributed by atoms with Crippen LogP contribution >= 0.6 is 22.6 Å². The molecule has 4 rings (SSSR count). The predicted molar refractivity (Wildman–Crippen MR) is 108 cm³/mol. The largest absolute Gasteiger partial charge is 0.459 e. The van der Waals surface area contributed by atoms with Gasteiger partial charge in [0.25, 0.3) is 0 Å². The summed E-state index contributed by atoms with van der Waals surface area (Å²) < 4.78 is 8.26. The Morgan fingerprint density at radius 2 is 2.00 bits per heavy atom. The average Bonchev–Trinajstić information content (AvgIpc) is 3.01. The van der Waals surface area contributed by atoms with Crippen LogP contribution < -0.4 is 5.32 Å². The molecule has 1 atom stereocenters. The Morgan fingerprint density at radius 3 is 2.74 bits per heavy atom. The van der Waals surface area contributed by atoms with Crippen LogP contribution in [0.3, 0.4) is 0 Å². The molecule has 3 aromatic rings. The lowest BCUT2D eigenvalue weighted by Gasteiger charge is -2.38. The quantitative estimate of drug-likeness (QED) is 0.464. The Balaban J connectivity index is 1.36. The molecule has 7 nitrogen and oxygen atoms in total. The highest BCUT2D eigenvalue weighted by molar-refractivity contribution is 14.1. The summed E-state index contributed by atoms with van der Waals surface area (Å²) in [5.41, 5.74) is 1.66. The first-order valence-electron chi connectivity index (χ1n) is 8.52. The van der Waals surface area contributed by atoms with E-state index in [2.05, 4.69) is 32.9 Å². The van der Waals surface area contributed by atoms with Gasteiger partial charge in [-0.25, -0.2) is 14.6 Å². The lowest BCUT2D eigenvalue weighted by atomic mass is 10.0. The Labute approximate surface area is 169 Å². The third-order valence-corrected chi connectivity index (χ3v) is 5.06. The number of nitrogens with one attached hydrogen (secondary N) is 1. The number of esters is 1. The molecule has 1 saturated heterocycles. The maximum Gasteiger partial charge on any atom is 0.329 e. The highest BCUT2D eigenvalue weighted by atomic mass is 127. The lowest BCUT2D eigenvalue weighted by molar-refractivity contribution is -0.154. The van der Waals surface area contributed by atoms with Crippen molar-refractivity contribution in [1.29, 1.82) is 0 Å². The van der Waals surface area contributed by atoms with Crippen LogP contribution in [0.15, 0.2) is 54.9 Å². The van der Waals surface area contributed by atoms with Gasteiger partial charge in [0.05, 0.1) is 6.20 Å². The first kappa shape index (κ1) is 17.8. The predicted octanol–water partition coefficient (Wildman–Crippen LogP) is 3.29. The van der Waals surface area contributed by atoms with Gasteiger partial charge in [-0.05, 0) is 46.7 Å². The SMILES string of the molecule is O=C(OCc1ccccc1)[C@@H]1CCN1C(=O)Nc1cn2cc(I)ccc2n1. The molecule has 0 radical (unpaired) electrons. The molecule has 3 heterocycles. The Bertz CT molecular complexity index is 989. The van der Waals surface area contributed by atoms with Gasteiger partial charge in [0.2, 0.25) is 0 Å². The number of carbonyl (C=O) groups is 2. The van der Waals surface area contributed by atoms with Crippen LogP contribution in [0.2, 0.25) is 0 Å². The highest BCUT2D eigenvalue weighted by Gasteiger charge is 2.39. The second kappa shape index (κ2) is 7.55. The van der Waals surface area contributed by atoms with Crippen molar-refractivity contribution in [2.24, 2.45) is 0 Å². The van der Waals surface area contributed by atoms with Crippen molar-refractivity contribution in [3.05, 3.63) is 64.0 Å². The molecule has 1 aliphatic rings. The number of benzene rings is 1. The van der Waals surface area contributed by atoms with Gasteiger partial charge in [0.1, 0.15) is 18.3 Å². The summed E-state index contributed by atoms with van der Waals surface area (Å²) >= 11 is 2.21. The van der Waals surface area contributed by atoms with Crippen molar-refractivity contribution in [1.82, 2.24) is 14.3 Å². The summed E-state index contributed by atoms with van der Waals surface area (Å²) in [4.78, 5) is 30.6. The van der Waals surface area contributed by atoms with Crippen molar-refractivity contribution in [2.75, 3.05) is 11.9 Å². The molecule has 2 aromatic heterocycles. The summed E-state index contributed by atoms with van der Waals surface area (Å²) in [5, 5.41) is 2.76. The van der Waals surface area contributed by atoms with Crippen molar-refractivity contribution in [2.45, 2.75) is 19.1 Å². The fraction of sp³-hybridized carbons (Fsp3) is 0.211. The van der Waals surface area contributed by atoms with Gasteiger partial charge in [0.15, 0.2) is 5.82 Å². The molecular formula is C19H17IN4O3. The molecule has 27 heavy (non-hydrogen) atoms. The lowest BCUT2D eigenvalue weighted by Crippen LogP contribution is -2.57. The minimum absolute atomic E-state index is 0.205. The van der Waals surface area contributed by atoms with E-state index in [0.29, 0.717) is 18.8 Å². The molecule has 0 aliphatic carbocycles. The van der Waals surface area contributed by atoms with Gasteiger partial charge < -0.3 is 14.0 Å². The maximum atomic E-state index is 12.5. The van der Waals surface area contributed by atoms with Gasteiger partial charge >= 0.3 is 12.0 Å². The van der Waals surface area contributed by atoms with Crippen LogP contribution in [-0.4, -0.2) is 38.9 Å². The Hall–Kier alpha value is -2.62. The topological polar surface area (TPSA) is 75.9 Å². The average molecular weight is 476 g/mol. The number of urea groups is 1. The molecule has 2 amide bonds. The summed E-state index contributed by atoms with van der Waals surface area (Å²) in [6.45, 7) is 0.721. The van der Waals surface area contributed by atoms with E-state index in [-0.39, 0.29) is 18.6 Å². The number of rotatable bonds is 4. The number of fused-ring (bicyclic) bond motifs is 1. The molecule has 0 spiro atoms. The molecule has 0 saturated carbocycles. The van der Waals surface area contributed by atoms with E-state index >= 15 is 0 Å². The number of carbonyl (C=O) groups excluding carboxylic acids is 2. The fourth-order valence-corrected chi connectivity index (χ4v) is 3.39. The zero-order chi connectivity index (χ0) is 18.8. The van der Waals surface area contributed by atoms with Crippen LogP contribution in [-0.2, 0) is 16.1 Å². The molecule has 0 bridgehead atoms. The zero-order valence-corrected chi connectivity index (χ0v) is 16.5. The summed E-state index contributed by atoms with van der Waals surface area (Å²) in [6, 6.07) is 12.4. The van der Waals surface area contributed by atoms with E-state index < -0.39 is 6.04 Å². The standard InChI is InChI=1S/C19H17IN4O3/c20-14-6-7-17-21-16(11-23(17)10-14)22-19(26)24-9-8-15(24)18(25)27-12-13-4-2-1-3-5-13/h1-7,10-11,15H,8-9,12H2,(H,22,26)/t15-/m0/s1. The molecule has 1 aromatic carbocycles. The summed E-state index contributed by atoms with van der Waals surface area (Å²) in [6.07, 6.45) is 4.27. The van der Waals surface area contributed by atoms with Crippen LogP contribution in [0.25, 0.3) is 5.65 Å². The van der Waals surface area contributed by atoms with E-state index in [0.717, 1.165) is 14.8 Å². The normalized spacial score (nSPS) is 16.0. The van der Waals surface area contributed by atoms with Crippen molar-refractivity contribution >= 4 is 46.1 Å². The van der Waals surface area contributed by atoms with Gasteiger partial charge in [0, 0.05) is 16.3 Å². The number of pyridine rings is 1. The van der Waals surface area contributed by atoms with Crippen LogP contribution in [0.1, 0.15) is 12.0 Å². The van der Waals surface area contributed by atoms with Gasteiger partial charge in [-0.15, -0.1) is 0 Å². The molecular weight excluding hydrogens is 459 g/mol. The molecule has 1 fully saturated rings. The van der Waals surface area contributed by atoms with Gasteiger partial charge in [-0.2, -0.15) is 0 Å². The fourth-order valence-electron chi connectivity index (χ4n) is 2.91. The molecule has 138 valence electrons. The number of likely N-dealkylation sites (tertiary alicyclic amines) is 1. The second-order valence-corrected chi connectivity index (χ2v) is 7.51. The Kier molecular flexibility index (Phi) is 4.97. The number of anilines is 1. The zero-order valence-electron chi connectivity index (χ0n) is 14.3.